The second-order valence-corrected chi connectivity index (χ2v) is 8.17. The smallest absolute Gasteiger partial charge is 0.0317 e. The highest BCUT2D eigenvalue weighted by Crippen LogP contribution is 2.34. The van der Waals surface area contributed by atoms with Crippen LogP contribution in [0, 0.1) is 5.92 Å². The molecule has 0 amide bonds. The predicted molar refractivity (Wildman–Crippen MR) is 84.3 cm³/mol. The summed E-state index contributed by atoms with van der Waals surface area (Å²) in [6.07, 6.45) is 4.11. The first-order chi connectivity index (χ1) is 8.15. The average molecular weight is 276 g/mol. The fourth-order valence-corrected chi connectivity index (χ4v) is 5.48. The highest BCUT2D eigenvalue weighted by atomic mass is 32.2. The van der Waals surface area contributed by atoms with Crippen LogP contribution in [-0.2, 0) is 0 Å². The van der Waals surface area contributed by atoms with Crippen LogP contribution >= 0.6 is 23.5 Å². The van der Waals surface area contributed by atoms with Crippen molar-refractivity contribution in [1.82, 2.24) is 5.32 Å². The van der Waals surface area contributed by atoms with Gasteiger partial charge in [-0.05, 0) is 18.9 Å². The van der Waals surface area contributed by atoms with Gasteiger partial charge in [0, 0.05) is 28.0 Å². The van der Waals surface area contributed by atoms with Crippen LogP contribution in [0.15, 0.2) is 0 Å². The molecule has 0 radical (unpaired) electrons. The van der Waals surface area contributed by atoms with E-state index in [1.807, 2.05) is 0 Å². The van der Waals surface area contributed by atoms with Crippen LogP contribution in [0.4, 0.5) is 0 Å². The molecule has 1 nitrogen and oxygen atoms in total. The number of hydrogen-bond acceptors (Lipinski definition) is 3. The molecule has 0 aromatic carbocycles. The van der Waals surface area contributed by atoms with Gasteiger partial charge >= 0.3 is 0 Å². The molecule has 1 aliphatic heterocycles. The molecular weight excluding hydrogens is 246 g/mol. The fraction of sp³-hybridized carbons (Fsp3) is 1.00. The second-order valence-electron chi connectivity index (χ2n) is 5.40. The van der Waals surface area contributed by atoms with Gasteiger partial charge in [0.1, 0.15) is 0 Å². The third-order valence-corrected chi connectivity index (χ3v) is 6.65. The van der Waals surface area contributed by atoms with E-state index in [9.17, 15) is 0 Å². The van der Waals surface area contributed by atoms with Crippen molar-refractivity contribution < 1.29 is 0 Å². The van der Waals surface area contributed by atoms with Gasteiger partial charge in [0.15, 0.2) is 0 Å². The third kappa shape index (κ3) is 5.89. The Kier molecular flexibility index (Phi) is 8.05. The van der Waals surface area contributed by atoms with Crippen LogP contribution in [0.3, 0.4) is 0 Å². The molecule has 1 N–H and O–H groups in total. The summed E-state index contributed by atoms with van der Waals surface area (Å²) in [5.74, 6) is 3.53. The van der Waals surface area contributed by atoms with Crippen molar-refractivity contribution in [3.8, 4) is 0 Å². The lowest BCUT2D eigenvalue weighted by atomic mass is 10.00. The molecular formula is C14H29NS2. The number of rotatable bonds is 7. The fourth-order valence-electron chi connectivity index (χ4n) is 2.48. The Morgan fingerprint density at radius 3 is 2.47 bits per heavy atom. The molecule has 1 fully saturated rings. The molecule has 0 aliphatic carbocycles. The normalized spacial score (nSPS) is 27.4. The average Bonchev–Trinajstić information content (AvgIpc) is 2.28. The van der Waals surface area contributed by atoms with Crippen molar-refractivity contribution in [2.24, 2.45) is 5.92 Å². The van der Waals surface area contributed by atoms with E-state index in [1.54, 1.807) is 0 Å². The summed E-state index contributed by atoms with van der Waals surface area (Å²) in [6.45, 7) is 10.4. The molecule has 0 bridgehead atoms. The summed E-state index contributed by atoms with van der Waals surface area (Å²) >= 11 is 4.35. The Morgan fingerprint density at radius 1 is 1.18 bits per heavy atom. The third-order valence-electron chi connectivity index (χ3n) is 3.40. The van der Waals surface area contributed by atoms with Crippen molar-refractivity contribution in [3.63, 3.8) is 0 Å². The Hall–Kier alpha value is 0.660. The highest BCUT2D eigenvalue weighted by molar-refractivity contribution is 8.07. The summed E-state index contributed by atoms with van der Waals surface area (Å²) in [5, 5.41) is 5.36. The van der Waals surface area contributed by atoms with Gasteiger partial charge in [-0.3, -0.25) is 0 Å². The highest BCUT2D eigenvalue weighted by Gasteiger charge is 2.29. The van der Waals surface area contributed by atoms with Crippen molar-refractivity contribution in [2.75, 3.05) is 18.1 Å². The van der Waals surface area contributed by atoms with Crippen LogP contribution in [0.2, 0.25) is 0 Å². The maximum Gasteiger partial charge on any atom is 0.0317 e. The molecule has 3 unspecified atom stereocenters. The quantitative estimate of drug-likeness (QED) is 0.753. The topological polar surface area (TPSA) is 12.0 Å². The van der Waals surface area contributed by atoms with Gasteiger partial charge < -0.3 is 5.32 Å². The minimum atomic E-state index is 0.728. The summed E-state index contributed by atoms with van der Waals surface area (Å²) < 4.78 is 0. The van der Waals surface area contributed by atoms with Crippen LogP contribution in [0.1, 0.15) is 47.0 Å². The van der Waals surface area contributed by atoms with Gasteiger partial charge in [-0.25, -0.2) is 0 Å². The van der Waals surface area contributed by atoms with E-state index >= 15 is 0 Å². The zero-order valence-corrected chi connectivity index (χ0v) is 13.5. The van der Waals surface area contributed by atoms with Crippen LogP contribution in [0.25, 0.3) is 0 Å². The van der Waals surface area contributed by atoms with Gasteiger partial charge in [-0.1, -0.05) is 40.5 Å². The Morgan fingerprint density at radius 2 is 1.88 bits per heavy atom. The molecule has 3 heteroatoms. The summed E-state index contributed by atoms with van der Waals surface area (Å²) in [6, 6.07) is 0.728. The molecule has 1 rings (SSSR count). The van der Waals surface area contributed by atoms with E-state index in [0.29, 0.717) is 0 Å². The van der Waals surface area contributed by atoms with Crippen LogP contribution in [0.5, 0.6) is 0 Å². The molecule has 0 saturated carbocycles. The van der Waals surface area contributed by atoms with E-state index in [4.69, 9.17) is 0 Å². The van der Waals surface area contributed by atoms with Crippen LogP contribution in [-0.4, -0.2) is 34.6 Å². The van der Waals surface area contributed by atoms with Crippen molar-refractivity contribution in [1.29, 1.82) is 0 Å². The van der Waals surface area contributed by atoms with Crippen molar-refractivity contribution in [3.05, 3.63) is 0 Å². The Balaban J connectivity index is 2.39. The second kappa shape index (κ2) is 8.71. The molecule has 3 atom stereocenters. The van der Waals surface area contributed by atoms with Gasteiger partial charge in [-0.2, -0.15) is 23.5 Å². The maximum absolute atomic E-state index is 3.72. The summed E-state index contributed by atoms with van der Waals surface area (Å²) in [5.41, 5.74) is 0. The van der Waals surface area contributed by atoms with Crippen LogP contribution < -0.4 is 5.32 Å². The first-order valence-corrected chi connectivity index (χ1v) is 9.21. The van der Waals surface area contributed by atoms with Crippen molar-refractivity contribution in [2.45, 2.75) is 63.5 Å². The lowest BCUT2D eigenvalue weighted by molar-refractivity contribution is 0.431. The lowest BCUT2D eigenvalue weighted by Crippen LogP contribution is -2.44. The van der Waals surface area contributed by atoms with Crippen molar-refractivity contribution >= 4 is 23.5 Å². The molecule has 0 spiro atoms. The number of hydrogen-bond donors (Lipinski definition) is 1. The molecule has 1 saturated heterocycles. The lowest BCUT2D eigenvalue weighted by Gasteiger charge is -2.35. The first-order valence-electron chi connectivity index (χ1n) is 7.11. The molecule has 17 heavy (non-hydrogen) atoms. The zero-order chi connectivity index (χ0) is 12.7. The zero-order valence-electron chi connectivity index (χ0n) is 11.9. The molecule has 102 valence electrons. The largest absolute Gasteiger partial charge is 0.313 e. The number of thioether (sulfide) groups is 2. The van der Waals surface area contributed by atoms with Gasteiger partial charge in [0.2, 0.25) is 0 Å². The van der Waals surface area contributed by atoms with Gasteiger partial charge in [0.25, 0.3) is 0 Å². The molecule has 0 aromatic rings. The summed E-state index contributed by atoms with van der Waals surface area (Å²) in [7, 11) is 0. The molecule has 0 aromatic heterocycles. The Labute approximate surface area is 116 Å². The predicted octanol–water partition coefficient (Wildman–Crippen LogP) is 4.03. The molecule has 1 heterocycles. The van der Waals surface area contributed by atoms with E-state index < -0.39 is 0 Å². The standard InChI is InChI=1S/C14H29NS2/c1-5-15-13(8-6-7-11(2)3)14-12(4)16-9-10-17-14/h11-15H,5-10H2,1-4H3. The van der Waals surface area contributed by atoms with E-state index in [-0.39, 0.29) is 0 Å². The summed E-state index contributed by atoms with van der Waals surface area (Å²) in [4.78, 5) is 0. The van der Waals surface area contributed by atoms with Gasteiger partial charge in [-0.15, -0.1) is 0 Å². The van der Waals surface area contributed by atoms with E-state index in [0.717, 1.165) is 29.0 Å². The number of nitrogens with one attached hydrogen (secondary N) is 1. The monoisotopic (exact) mass is 275 g/mol. The van der Waals surface area contributed by atoms with E-state index in [2.05, 4.69) is 56.5 Å². The van der Waals surface area contributed by atoms with Gasteiger partial charge in [0.05, 0.1) is 0 Å². The maximum atomic E-state index is 3.72. The van der Waals surface area contributed by atoms with E-state index in [1.165, 1.54) is 30.8 Å². The SMILES string of the molecule is CCNC(CCCC(C)C)C1SCCSC1C. The minimum absolute atomic E-state index is 0.728. The first kappa shape index (κ1) is 15.7. The Bertz CT molecular complexity index is 197. The minimum Gasteiger partial charge on any atom is -0.313 e. The molecule has 1 aliphatic rings.